The van der Waals surface area contributed by atoms with Crippen molar-refractivity contribution in [3.8, 4) is 11.5 Å². The molecule has 0 aromatic heterocycles. The summed E-state index contributed by atoms with van der Waals surface area (Å²) in [6.45, 7) is 4.72. The van der Waals surface area contributed by atoms with Gasteiger partial charge in [0.2, 0.25) is 5.91 Å². The number of hydrogen-bond acceptors (Lipinski definition) is 4. The first kappa shape index (κ1) is 20.3. The molecule has 0 radical (unpaired) electrons. The zero-order valence-electron chi connectivity index (χ0n) is 16.4. The third-order valence-corrected chi connectivity index (χ3v) is 5.23. The van der Waals surface area contributed by atoms with E-state index in [0.717, 1.165) is 24.3 Å². The van der Waals surface area contributed by atoms with Crippen molar-refractivity contribution < 1.29 is 9.53 Å². The van der Waals surface area contributed by atoms with Gasteiger partial charge in [-0.25, -0.2) is 0 Å². The molecule has 2 aromatic rings. The lowest BCUT2D eigenvalue weighted by molar-refractivity contribution is -0.122. The molecule has 5 nitrogen and oxygen atoms in total. The summed E-state index contributed by atoms with van der Waals surface area (Å²) in [6, 6.07) is 17.9. The van der Waals surface area contributed by atoms with Crippen molar-refractivity contribution >= 4 is 28.9 Å². The highest BCUT2D eigenvalue weighted by Crippen LogP contribution is 2.24. The van der Waals surface area contributed by atoms with E-state index >= 15 is 0 Å². The molecular weight excluding hydrogens is 370 g/mol. The van der Waals surface area contributed by atoms with Crippen LogP contribution in [0, 0.1) is 0 Å². The lowest BCUT2D eigenvalue weighted by Crippen LogP contribution is -2.50. The van der Waals surface area contributed by atoms with Gasteiger partial charge in [0.15, 0.2) is 5.11 Å². The van der Waals surface area contributed by atoms with Gasteiger partial charge < -0.3 is 15.4 Å². The van der Waals surface area contributed by atoms with Gasteiger partial charge in [0.1, 0.15) is 11.5 Å². The molecule has 1 fully saturated rings. The second-order valence-electron chi connectivity index (χ2n) is 7.25. The van der Waals surface area contributed by atoms with Crippen LogP contribution in [0.25, 0.3) is 0 Å². The molecule has 1 saturated heterocycles. The Hall–Kier alpha value is -2.44. The number of nitrogens with zero attached hydrogens (tertiary/aromatic N) is 1. The molecule has 2 unspecified atom stereocenters. The molecule has 1 aliphatic rings. The van der Waals surface area contributed by atoms with E-state index in [2.05, 4.69) is 29.4 Å². The summed E-state index contributed by atoms with van der Waals surface area (Å²) in [5.41, 5.74) is 0.762. The number of thiocarbonyl (C=S) groups is 1. The van der Waals surface area contributed by atoms with Crippen molar-refractivity contribution in [1.82, 2.24) is 10.2 Å². The lowest BCUT2D eigenvalue weighted by atomic mass is 9.97. The quantitative estimate of drug-likeness (QED) is 0.725. The Morgan fingerprint density at radius 3 is 2.46 bits per heavy atom. The average molecular weight is 398 g/mol. The van der Waals surface area contributed by atoms with Crippen molar-refractivity contribution in [1.29, 1.82) is 0 Å². The van der Waals surface area contributed by atoms with Crippen LogP contribution in [0.5, 0.6) is 11.5 Å². The molecule has 0 bridgehead atoms. The van der Waals surface area contributed by atoms with Crippen molar-refractivity contribution in [2.75, 3.05) is 11.9 Å². The minimum atomic E-state index is -0.0882. The highest BCUT2D eigenvalue weighted by molar-refractivity contribution is 7.80. The second-order valence-corrected chi connectivity index (χ2v) is 7.65. The number of carbonyl (C=O) groups is 1. The molecule has 28 heavy (non-hydrogen) atoms. The van der Waals surface area contributed by atoms with Gasteiger partial charge in [0.25, 0.3) is 0 Å². The minimum Gasteiger partial charge on any atom is -0.457 e. The van der Waals surface area contributed by atoms with Crippen molar-refractivity contribution in [3.05, 3.63) is 54.6 Å². The Morgan fingerprint density at radius 2 is 1.75 bits per heavy atom. The number of rotatable bonds is 5. The third kappa shape index (κ3) is 5.78. The summed E-state index contributed by atoms with van der Waals surface area (Å²) in [7, 11) is 0. The largest absolute Gasteiger partial charge is 0.457 e. The maximum absolute atomic E-state index is 12.4. The van der Waals surface area contributed by atoms with E-state index in [1.807, 2.05) is 54.6 Å². The van der Waals surface area contributed by atoms with Gasteiger partial charge in [0.05, 0.1) is 6.54 Å². The van der Waals surface area contributed by atoms with Gasteiger partial charge in [-0.05, 0) is 63.2 Å². The Balaban J connectivity index is 1.53. The first-order valence-corrected chi connectivity index (χ1v) is 10.1. The summed E-state index contributed by atoms with van der Waals surface area (Å²) in [5.74, 6) is 1.37. The van der Waals surface area contributed by atoms with Crippen molar-refractivity contribution in [2.45, 2.75) is 45.2 Å². The molecule has 1 aliphatic heterocycles. The molecule has 0 aliphatic carbocycles. The van der Waals surface area contributed by atoms with E-state index in [-0.39, 0.29) is 5.91 Å². The van der Waals surface area contributed by atoms with Crippen LogP contribution < -0.4 is 15.4 Å². The van der Waals surface area contributed by atoms with E-state index in [1.165, 1.54) is 6.42 Å². The summed E-state index contributed by atoms with van der Waals surface area (Å²) in [4.78, 5) is 14.7. The molecule has 1 heterocycles. The first-order valence-electron chi connectivity index (χ1n) is 9.71. The van der Waals surface area contributed by atoms with Gasteiger partial charge in [-0.1, -0.05) is 30.7 Å². The van der Waals surface area contributed by atoms with Gasteiger partial charge in [-0.3, -0.25) is 9.69 Å². The van der Waals surface area contributed by atoms with E-state index in [9.17, 15) is 4.79 Å². The predicted octanol–water partition coefficient (Wildman–Crippen LogP) is 4.55. The van der Waals surface area contributed by atoms with Crippen LogP contribution in [0.15, 0.2) is 54.6 Å². The second kappa shape index (κ2) is 9.66. The average Bonchev–Trinajstić information content (AvgIpc) is 2.66. The van der Waals surface area contributed by atoms with Crippen molar-refractivity contribution in [2.24, 2.45) is 0 Å². The van der Waals surface area contributed by atoms with Crippen LogP contribution in [0.4, 0.5) is 5.69 Å². The number of para-hydroxylation sites is 1. The van der Waals surface area contributed by atoms with E-state index in [0.29, 0.717) is 29.5 Å². The standard InChI is InChI=1S/C22H27N3O2S/c1-16-8-6-9-17(2)25(16)15-21(26)24-22(28)23-18-10-7-13-20(14-18)27-19-11-4-3-5-12-19/h3-5,7,10-14,16-17H,6,8-9,15H2,1-2H3,(H2,23,24,26,28). The fraction of sp³-hybridized carbons (Fsp3) is 0.364. The Morgan fingerprint density at radius 1 is 1.07 bits per heavy atom. The number of nitrogens with one attached hydrogen (secondary N) is 2. The fourth-order valence-electron chi connectivity index (χ4n) is 3.54. The number of amides is 1. The smallest absolute Gasteiger partial charge is 0.240 e. The van der Waals surface area contributed by atoms with Gasteiger partial charge in [-0.2, -0.15) is 0 Å². The van der Waals surface area contributed by atoms with Crippen LogP contribution >= 0.6 is 12.2 Å². The van der Waals surface area contributed by atoms with Gasteiger partial charge in [-0.15, -0.1) is 0 Å². The van der Waals surface area contributed by atoms with Crippen molar-refractivity contribution in [3.63, 3.8) is 0 Å². The van der Waals surface area contributed by atoms with Gasteiger partial charge >= 0.3 is 0 Å². The molecule has 0 spiro atoms. The molecule has 2 atom stereocenters. The maximum atomic E-state index is 12.4. The fourth-order valence-corrected chi connectivity index (χ4v) is 3.77. The third-order valence-electron chi connectivity index (χ3n) is 5.03. The minimum absolute atomic E-state index is 0.0882. The highest BCUT2D eigenvalue weighted by atomic mass is 32.1. The topological polar surface area (TPSA) is 53.6 Å². The Kier molecular flexibility index (Phi) is 7.01. The molecule has 6 heteroatoms. The number of likely N-dealkylation sites (tertiary alicyclic amines) is 1. The molecule has 2 aromatic carbocycles. The summed E-state index contributed by atoms with van der Waals surface area (Å²) in [5, 5.41) is 6.14. The Labute approximate surface area is 172 Å². The molecule has 2 N–H and O–H groups in total. The number of piperidine rings is 1. The van der Waals surface area contributed by atoms with E-state index in [4.69, 9.17) is 17.0 Å². The number of anilines is 1. The summed E-state index contributed by atoms with van der Waals surface area (Å²) < 4.78 is 5.83. The summed E-state index contributed by atoms with van der Waals surface area (Å²) in [6.07, 6.45) is 3.49. The van der Waals surface area contributed by atoms with Gasteiger partial charge in [0, 0.05) is 23.8 Å². The first-order chi connectivity index (χ1) is 13.5. The zero-order valence-corrected chi connectivity index (χ0v) is 17.2. The van der Waals surface area contributed by atoms with E-state index < -0.39 is 0 Å². The number of benzene rings is 2. The zero-order chi connectivity index (χ0) is 19.9. The van der Waals surface area contributed by atoms with Crippen LogP contribution in [0.1, 0.15) is 33.1 Å². The number of carbonyl (C=O) groups excluding carboxylic acids is 1. The lowest BCUT2D eigenvalue weighted by Gasteiger charge is -2.38. The molecule has 0 saturated carbocycles. The SMILES string of the molecule is CC1CCCC(C)N1CC(=O)NC(=S)Nc1cccc(Oc2ccccc2)c1. The normalized spacial score (nSPS) is 19.6. The monoisotopic (exact) mass is 397 g/mol. The Bertz CT molecular complexity index is 802. The molecule has 1 amide bonds. The maximum Gasteiger partial charge on any atom is 0.240 e. The van der Waals surface area contributed by atoms with E-state index in [1.54, 1.807) is 0 Å². The van der Waals surface area contributed by atoms with Crippen LogP contribution in [-0.2, 0) is 4.79 Å². The molecular formula is C22H27N3O2S. The van der Waals surface area contributed by atoms with Crippen LogP contribution in [0.2, 0.25) is 0 Å². The number of hydrogen-bond donors (Lipinski definition) is 2. The highest BCUT2D eigenvalue weighted by Gasteiger charge is 2.26. The summed E-state index contributed by atoms with van der Waals surface area (Å²) >= 11 is 5.31. The number of ether oxygens (including phenoxy) is 1. The molecule has 148 valence electrons. The predicted molar refractivity (Wildman–Crippen MR) is 117 cm³/mol. The van der Waals surface area contributed by atoms with Crippen LogP contribution in [-0.4, -0.2) is 34.5 Å². The van der Waals surface area contributed by atoms with Crippen LogP contribution in [0.3, 0.4) is 0 Å². The molecule has 3 rings (SSSR count).